The van der Waals surface area contributed by atoms with E-state index >= 15 is 0 Å². The van der Waals surface area contributed by atoms with E-state index in [1.54, 1.807) is 17.8 Å². The Kier molecular flexibility index (Phi) is 6.21. The van der Waals surface area contributed by atoms with Gasteiger partial charge in [-0.05, 0) is 24.1 Å². The number of aromatic nitrogens is 2. The molecule has 2 rings (SSSR count). The molecule has 0 unspecified atom stereocenters. The van der Waals surface area contributed by atoms with Crippen molar-refractivity contribution in [2.24, 2.45) is 5.73 Å². The number of esters is 1. The molecule has 0 atom stereocenters. The Morgan fingerprint density at radius 2 is 2.20 bits per heavy atom. The zero-order valence-electron chi connectivity index (χ0n) is 11.3. The Hall–Kier alpha value is -1.85. The van der Waals surface area contributed by atoms with Crippen LogP contribution in [0.1, 0.15) is 12.5 Å². The monoisotopic (exact) mass is 295 g/mol. The molecule has 20 heavy (non-hydrogen) atoms. The van der Waals surface area contributed by atoms with Crippen LogP contribution in [0.25, 0.3) is 11.1 Å². The summed E-state index contributed by atoms with van der Waals surface area (Å²) < 4.78 is 6.45. The van der Waals surface area contributed by atoms with Crippen LogP contribution in [0.2, 0.25) is 0 Å². The molecule has 0 radical (unpaired) electrons. The largest absolute Gasteiger partial charge is 0.465 e. The lowest BCUT2D eigenvalue weighted by atomic mass is 10.1. The van der Waals surface area contributed by atoms with Crippen LogP contribution in [-0.2, 0) is 22.6 Å². The third-order valence-corrected chi connectivity index (χ3v) is 2.73. The number of hydrogen-bond acceptors (Lipinski definition) is 4. The predicted molar refractivity (Wildman–Crippen MR) is 79.4 cm³/mol. The Balaban J connectivity index is 0.00000200. The van der Waals surface area contributed by atoms with Gasteiger partial charge in [0.15, 0.2) is 0 Å². The fraction of sp³-hybridized carbons (Fsp3) is 0.286. The van der Waals surface area contributed by atoms with Crippen LogP contribution in [0.15, 0.2) is 36.7 Å². The highest BCUT2D eigenvalue weighted by atomic mass is 35.5. The third kappa shape index (κ3) is 4.08. The van der Waals surface area contributed by atoms with Gasteiger partial charge < -0.3 is 10.5 Å². The highest BCUT2D eigenvalue weighted by Gasteiger charge is 2.06. The lowest BCUT2D eigenvalue weighted by Crippen LogP contribution is -2.13. The maximum atomic E-state index is 11.4. The summed E-state index contributed by atoms with van der Waals surface area (Å²) in [6.45, 7) is 2.80. The van der Waals surface area contributed by atoms with Gasteiger partial charge in [0.05, 0.1) is 12.8 Å². The van der Waals surface area contributed by atoms with Crippen molar-refractivity contribution in [2.45, 2.75) is 20.0 Å². The van der Waals surface area contributed by atoms with E-state index in [1.165, 1.54) is 0 Å². The first kappa shape index (κ1) is 16.2. The molecule has 0 aliphatic heterocycles. The Morgan fingerprint density at radius 3 is 2.90 bits per heavy atom. The topological polar surface area (TPSA) is 70.1 Å². The van der Waals surface area contributed by atoms with Crippen molar-refractivity contribution < 1.29 is 9.53 Å². The first-order valence-electron chi connectivity index (χ1n) is 6.20. The molecule has 0 saturated heterocycles. The molecule has 0 aliphatic carbocycles. The van der Waals surface area contributed by atoms with Crippen LogP contribution in [0.4, 0.5) is 0 Å². The highest BCUT2D eigenvalue weighted by molar-refractivity contribution is 5.85. The van der Waals surface area contributed by atoms with E-state index in [0.717, 1.165) is 16.7 Å². The van der Waals surface area contributed by atoms with E-state index in [0.29, 0.717) is 13.2 Å². The third-order valence-electron chi connectivity index (χ3n) is 2.73. The van der Waals surface area contributed by atoms with Gasteiger partial charge in [0.1, 0.15) is 6.54 Å². The van der Waals surface area contributed by atoms with Crippen molar-refractivity contribution in [2.75, 3.05) is 6.61 Å². The molecule has 0 spiro atoms. The second-order valence-electron chi connectivity index (χ2n) is 4.14. The average Bonchev–Trinajstić information content (AvgIpc) is 2.87. The summed E-state index contributed by atoms with van der Waals surface area (Å²) in [6, 6.07) is 7.95. The lowest BCUT2D eigenvalue weighted by molar-refractivity contribution is -0.144. The number of hydrogen-bond donors (Lipinski definition) is 1. The molecule has 0 saturated carbocycles. The fourth-order valence-electron chi connectivity index (χ4n) is 1.82. The van der Waals surface area contributed by atoms with Crippen molar-refractivity contribution >= 4 is 18.4 Å². The number of nitrogens with zero attached hydrogens (tertiary/aromatic N) is 2. The van der Waals surface area contributed by atoms with E-state index in [9.17, 15) is 4.79 Å². The number of ether oxygens (including phenoxy) is 1. The van der Waals surface area contributed by atoms with Crippen molar-refractivity contribution in [1.29, 1.82) is 0 Å². The van der Waals surface area contributed by atoms with Crippen LogP contribution in [0.5, 0.6) is 0 Å². The zero-order valence-corrected chi connectivity index (χ0v) is 12.1. The van der Waals surface area contributed by atoms with Gasteiger partial charge in [0.2, 0.25) is 0 Å². The van der Waals surface area contributed by atoms with Gasteiger partial charge in [0, 0.05) is 18.3 Å². The second-order valence-corrected chi connectivity index (χ2v) is 4.14. The van der Waals surface area contributed by atoms with Gasteiger partial charge in [-0.15, -0.1) is 12.4 Å². The summed E-state index contributed by atoms with van der Waals surface area (Å²) in [5, 5.41) is 4.15. The minimum Gasteiger partial charge on any atom is -0.465 e. The molecular weight excluding hydrogens is 278 g/mol. The zero-order chi connectivity index (χ0) is 13.7. The summed E-state index contributed by atoms with van der Waals surface area (Å²) in [4.78, 5) is 11.4. The first-order chi connectivity index (χ1) is 9.22. The molecule has 1 aromatic carbocycles. The standard InChI is InChI=1S/C14H17N3O2.ClH/c1-2-19-14(18)10-17-9-13(8-16-17)12-5-3-4-11(6-12)7-15;/h3-6,8-9H,2,7,10,15H2,1H3;1H. The molecular formula is C14H18ClN3O2. The van der Waals surface area contributed by atoms with Crippen LogP contribution in [-0.4, -0.2) is 22.4 Å². The number of rotatable bonds is 5. The highest BCUT2D eigenvalue weighted by Crippen LogP contribution is 2.19. The fourth-order valence-corrected chi connectivity index (χ4v) is 1.82. The van der Waals surface area contributed by atoms with Crippen LogP contribution in [0.3, 0.4) is 0 Å². The number of carbonyl (C=O) groups excluding carboxylic acids is 1. The second kappa shape index (κ2) is 7.67. The van der Waals surface area contributed by atoms with E-state index in [-0.39, 0.29) is 24.9 Å². The van der Waals surface area contributed by atoms with Crippen molar-refractivity contribution in [3.8, 4) is 11.1 Å². The van der Waals surface area contributed by atoms with E-state index in [4.69, 9.17) is 10.5 Å². The van der Waals surface area contributed by atoms with Gasteiger partial charge in [-0.25, -0.2) is 0 Å². The summed E-state index contributed by atoms with van der Waals surface area (Å²) in [5.41, 5.74) is 8.68. The summed E-state index contributed by atoms with van der Waals surface area (Å²) in [5.74, 6) is -0.284. The number of halogens is 1. The molecule has 5 nitrogen and oxygen atoms in total. The smallest absolute Gasteiger partial charge is 0.327 e. The van der Waals surface area contributed by atoms with Crippen molar-refractivity contribution in [3.63, 3.8) is 0 Å². The lowest BCUT2D eigenvalue weighted by Gasteiger charge is -2.02. The average molecular weight is 296 g/mol. The van der Waals surface area contributed by atoms with Gasteiger partial charge in [-0.3, -0.25) is 9.48 Å². The SMILES string of the molecule is CCOC(=O)Cn1cc(-c2cccc(CN)c2)cn1.Cl. The molecule has 1 aromatic heterocycles. The molecule has 0 fully saturated rings. The molecule has 108 valence electrons. The summed E-state index contributed by atoms with van der Waals surface area (Å²) >= 11 is 0. The number of benzene rings is 1. The molecule has 1 heterocycles. The molecule has 0 amide bonds. The van der Waals surface area contributed by atoms with Gasteiger partial charge in [-0.2, -0.15) is 5.10 Å². The number of carbonyl (C=O) groups is 1. The summed E-state index contributed by atoms with van der Waals surface area (Å²) in [7, 11) is 0. The molecule has 6 heteroatoms. The Bertz CT molecular complexity index is 569. The van der Waals surface area contributed by atoms with Crippen molar-refractivity contribution in [3.05, 3.63) is 42.2 Å². The van der Waals surface area contributed by atoms with Gasteiger partial charge in [0.25, 0.3) is 0 Å². The number of nitrogens with two attached hydrogens (primary N) is 1. The molecule has 2 aromatic rings. The van der Waals surface area contributed by atoms with Crippen LogP contribution in [0, 0.1) is 0 Å². The van der Waals surface area contributed by atoms with E-state index in [2.05, 4.69) is 5.10 Å². The first-order valence-corrected chi connectivity index (χ1v) is 6.20. The normalized spacial score (nSPS) is 9.90. The van der Waals surface area contributed by atoms with Gasteiger partial charge >= 0.3 is 5.97 Å². The van der Waals surface area contributed by atoms with Crippen LogP contribution < -0.4 is 5.73 Å². The molecule has 0 aliphatic rings. The van der Waals surface area contributed by atoms with E-state index < -0.39 is 0 Å². The molecule has 2 N–H and O–H groups in total. The predicted octanol–water partition coefficient (Wildman–Crippen LogP) is 1.99. The quantitative estimate of drug-likeness (QED) is 0.857. The Morgan fingerprint density at radius 1 is 1.40 bits per heavy atom. The Labute approximate surface area is 124 Å². The van der Waals surface area contributed by atoms with E-state index in [1.807, 2.05) is 30.5 Å². The molecule has 0 bridgehead atoms. The maximum Gasteiger partial charge on any atom is 0.327 e. The minimum atomic E-state index is -0.284. The maximum absolute atomic E-state index is 11.4. The summed E-state index contributed by atoms with van der Waals surface area (Å²) in [6.07, 6.45) is 3.56. The van der Waals surface area contributed by atoms with Crippen LogP contribution >= 0.6 is 12.4 Å². The minimum absolute atomic E-state index is 0. The van der Waals surface area contributed by atoms with Crippen molar-refractivity contribution in [1.82, 2.24) is 9.78 Å². The van der Waals surface area contributed by atoms with Gasteiger partial charge in [-0.1, -0.05) is 18.2 Å².